The largest absolute Gasteiger partial charge is 0.390 e. The van der Waals surface area contributed by atoms with Gasteiger partial charge in [0.25, 0.3) is 5.91 Å². The summed E-state index contributed by atoms with van der Waals surface area (Å²) in [7, 11) is 0. The first kappa shape index (κ1) is 11.2. The van der Waals surface area contributed by atoms with Crippen molar-refractivity contribution in [2.45, 2.75) is 0 Å². The molecule has 0 aliphatic carbocycles. The van der Waals surface area contributed by atoms with E-state index < -0.39 is 5.91 Å². The van der Waals surface area contributed by atoms with Crippen LogP contribution < -0.4 is 11.5 Å². The quantitative estimate of drug-likeness (QED) is 0.844. The van der Waals surface area contributed by atoms with E-state index in [2.05, 4.69) is 0 Å². The van der Waals surface area contributed by atoms with E-state index in [1.54, 1.807) is 18.2 Å². The van der Waals surface area contributed by atoms with Crippen LogP contribution in [-0.4, -0.2) is 5.91 Å². The molecule has 1 amide bonds. The third-order valence-corrected chi connectivity index (χ3v) is 3.34. The molecule has 0 bridgehead atoms. The Labute approximate surface area is 102 Å². The molecule has 0 spiro atoms. The van der Waals surface area contributed by atoms with Crippen molar-refractivity contribution in [2.24, 2.45) is 5.73 Å². The lowest BCUT2D eigenvalue weighted by molar-refractivity contribution is 0.100. The van der Waals surface area contributed by atoms with E-state index in [1.165, 1.54) is 11.3 Å². The molecule has 1 aromatic carbocycles. The van der Waals surface area contributed by atoms with Crippen LogP contribution in [0, 0.1) is 11.3 Å². The fourth-order valence-corrected chi connectivity index (χ4v) is 2.39. The average Bonchev–Trinajstić information content (AvgIpc) is 2.71. The minimum Gasteiger partial charge on any atom is -0.390 e. The first-order chi connectivity index (χ1) is 8.11. The molecule has 84 valence electrons. The Morgan fingerprint density at radius 2 is 1.94 bits per heavy atom. The molecule has 4 N–H and O–H groups in total. The summed E-state index contributed by atoms with van der Waals surface area (Å²) < 4.78 is 0. The molecule has 0 atom stereocenters. The van der Waals surface area contributed by atoms with Crippen molar-refractivity contribution in [1.29, 1.82) is 5.26 Å². The van der Waals surface area contributed by atoms with E-state index in [9.17, 15) is 4.79 Å². The number of carbonyl (C=O) groups excluding carboxylic acids is 1. The molecule has 0 saturated heterocycles. The number of anilines is 1. The molecule has 2 aromatic rings. The van der Waals surface area contributed by atoms with Crippen LogP contribution in [-0.2, 0) is 0 Å². The topological polar surface area (TPSA) is 92.9 Å². The minimum absolute atomic E-state index is 0.342. The first-order valence-corrected chi connectivity index (χ1v) is 5.63. The fourth-order valence-electron chi connectivity index (χ4n) is 1.45. The Balaban J connectivity index is 2.43. The zero-order valence-corrected chi connectivity index (χ0v) is 9.62. The van der Waals surface area contributed by atoms with Gasteiger partial charge in [-0.05, 0) is 23.8 Å². The lowest BCUT2D eigenvalue weighted by atomic mass is 10.1. The van der Waals surface area contributed by atoms with Crippen molar-refractivity contribution in [3.05, 3.63) is 41.5 Å². The Morgan fingerprint density at radius 3 is 2.41 bits per heavy atom. The van der Waals surface area contributed by atoms with Crippen LogP contribution in [0.2, 0.25) is 0 Å². The highest BCUT2D eigenvalue weighted by molar-refractivity contribution is 7.19. The smallest absolute Gasteiger partial charge is 0.251 e. The van der Waals surface area contributed by atoms with Crippen molar-refractivity contribution in [2.75, 3.05) is 5.73 Å². The summed E-state index contributed by atoms with van der Waals surface area (Å²) in [6, 6.07) is 10.8. The van der Waals surface area contributed by atoms with Crippen molar-refractivity contribution in [3.8, 4) is 16.5 Å². The molecule has 0 radical (unpaired) electrons. The Bertz CT molecular complexity index is 608. The number of nitriles is 1. The van der Waals surface area contributed by atoms with Gasteiger partial charge in [0.2, 0.25) is 0 Å². The van der Waals surface area contributed by atoms with E-state index in [0.29, 0.717) is 16.1 Å². The zero-order chi connectivity index (χ0) is 12.4. The van der Waals surface area contributed by atoms with Gasteiger partial charge in [-0.2, -0.15) is 5.26 Å². The predicted molar refractivity (Wildman–Crippen MR) is 67.4 cm³/mol. The molecule has 17 heavy (non-hydrogen) atoms. The van der Waals surface area contributed by atoms with Crippen LogP contribution in [0.3, 0.4) is 0 Å². The second-order valence-electron chi connectivity index (χ2n) is 3.44. The van der Waals surface area contributed by atoms with Crippen LogP contribution >= 0.6 is 11.3 Å². The van der Waals surface area contributed by atoms with Gasteiger partial charge < -0.3 is 11.5 Å². The maximum atomic E-state index is 11.1. The van der Waals surface area contributed by atoms with Gasteiger partial charge in [0, 0.05) is 4.88 Å². The number of carbonyl (C=O) groups is 1. The molecule has 0 aliphatic rings. The fraction of sp³-hybridized carbons (Fsp3) is 0. The standard InChI is InChI=1S/C12H9N3OS/c13-6-7-1-3-8(4-2-7)10-5-9(11(14)16)12(15)17-10/h1-5H,15H2,(H2,14,16). The van der Waals surface area contributed by atoms with Gasteiger partial charge in [-0.25, -0.2) is 0 Å². The number of nitrogens with two attached hydrogens (primary N) is 2. The van der Waals surface area contributed by atoms with E-state index >= 15 is 0 Å². The highest BCUT2D eigenvalue weighted by atomic mass is 32.1. The minimum atomic E-state index is -0.529. The number of rotatable bonds is 2. The number of nitrogens with zero attached hydrogens (tertiary/aromatic N) is 1. The number of amides is 1. The first-order valence-electron chi connectivity index (χ1n) is 4.81. The third kappa shape index (κ3) is 2.12. The number of benzene rings is 1. The summed E-state index contributed by atoms with van der Waals surface area (Å²) in [5.41, 5.74) is 12.7. The Kier molecular flexibility index (Phi) is 2.81. The molecule has 0 saturated carbocycles. The second kappa shape index (κ2) is 4.28. The van der Waals surface area contributed by atoms with Crippen LogP contribution in [0.4, 0.5) is 5.00 Å². The summed E-state index contributed by atoms with van der Waals surface area (Å²) in [5.74, 6) is -0.529. The van der Waals surface area contributed by atoms with Crippen molar-refractivity contribution in [3.63, 3.8) is 0 Å². The molecule has 1 aromatic heterocycles. The molecule has 0 aliphatic heterocycles. The highest BCUT2D eigenvalue weighted by Crippen LogP contribution is 2.33. The lowest BCUT2D eigenvalue weighted by Crippen LogP contribution is -2.11. The molecule has 4 nitrogen and oxygen atoms in total. The van der Waals surface area contributed by atoms with Crippen molar-refractivity contribution >= 4 is 22.2 Å². The van der Waals surface area contributed by atoms with E-state index in [1.807, 2.05) is 18.2 Å². The summed E-state index contributed by atoms with van der Waals surface area (Å²) in [6.07, 6.45) is 0. The van der Waals surface area contributed by atoms with Gasteiger partial charge >= 0.3 is 0 Å². The maximum absolute atomic E-state index is 11.1. The molecule has 0 fully saturated rings. The van der Waals surface area contributed by atoms with Crippen molar-refractivity contribution < 1.29 is 4.79 Å². The summed E-state index contributed by atoms with van der Waals surface area (Å²) >= 11 is 1.30. The number of primary amides is 1. The van der Waals surface area contributed by atoms with Crippen molar-refractivity contribution in [1.82, 2.24) is 0 Å². The van der Waals surface area contributed by atoms with Crippen LogP contribution in [0.15, 0.2) is 30.3 Å². The summed E-state index contributed by atoms with van der Waals surface area (Å²) in [6.45, 7) is 0. The molecule has 0 unspecified atom stereocenters. The maximum Gasteiger partial charge on any atom is 0.251 e. The van der Waals surface area contributed by atoms with Gasteiger partial charge in [-0.1, -0.05) is 12.1 Å². The molecular weight excluding hydrogens is 234 g/mol. The van der Waals surface area contributed by atoms with E-state index in [4.69, 9.17) is 16.7 Å². The summed E-state index contributed by atoms with van der Waals surface area (Å²) in [4.78, 5) is 11.9. The monoisotopic (exact) mass is 243 g/mol. The number of hydrogen-bond donors (Lipinski definition) is 2. The molecule has 1 heterocycles. The Morgan fingerprint density at radius 1 is 1.29 bits per heavy atom. The number of nitrogen functional groups attached to an aromatic ring is 1. The zero-order valence-electron chi connectivity index (χ0n) is 8.81. The van der Waals surface area contributed by atoms with Crippen LogP contribution in [0.1, 0.15) is 15.9 Å². The molecule has 2 rings (SSSR count). The summed E-state index contributed by atoms with van der Waals surface area (Å²) in [5, 5.41) is 9.11. The number of hydrogen-bond acceptors (Lipinski definition) is 4. The predicted octanol–water partition coefficient (Wildman–Crippen LogP) is 1.97. The van der Waals surface area contributed by atoms with Gasteiger partial charge in [0.15, 0.2) is 0 Å². The van der Waals surface area contributed by atoms with Gasteiger partial charge in [0.05, 0.1) is 22.2 Å². The van der Waals surface area contributed by atoms with Gasteiger partial charge in [0.1, 0.15) is 0 Å². The Hall–Kier alpha value is -2.32. The SMILES string of the molecule is N#Cc1ccc(-c2cc(C(N)=O)c(N)s2)cc1. The third-order valence-electron chi connectivity index (χ3n) is 2.32. The van der Waals surface area contributed by atoms with Crippen LogP contribution in [0.25, 0.3) is 10.4 Å². The van der Waals surface area contributed by atoms with Gasteiger partial charge in [-0.15, -0.1) is 11.3 Å². The highest BCUT2D eigenvalue weighted by Gasteiger charge is 2.12. The second-order valence-corrected chi connectivity index (χ2v) is 4.53. The average molecular weight is 243 g/mol. The van der Waals surface area contributed by atoms with E-state index in [-0.39, 0.29) is 0 Å². The normalized spacial score (nSPS) is 9.82. The molecular formula is C12H9N3OS. The van der Waals surface area contributed by atoms with E-state index in [0.717, 1.165) is 10.4 Å². The number of thiophene rings is 1. The lowest BCUT2D eigenvalue weighted by Gasteiger charge is -1.95. The molecule has 5 heteroatoms. The van der Waals surface area contributed by atoms with Crippen LogP contribution in [0.5, 0.6) is 0 Å². The van der Waals surface area contributed by atoms with Gasteiger partial charge in [-0.3, -0.25) is 4.79 Å².